The summed E-state index contributed by atoms with van der Waals surface area (Å²) < 4.78 is 0. The zero-order valence-electron chi connectivity index (χ0n) is 11.3. The van der Waals surface area contributed by atoms with Crippen LogP contribution in [-0.2, 0) is 0 Å². The number of nitrogens with zero attached hydrogens (tertiary/aromatic N) is 3. The van der Waals surface area contributed by atoms with Crippen LogP contribution >= 0.6 is 11.3 Å². The summed E-state index contributed by atoms with van der Waals surface area (Å²) in [6.07, 6.45) is 5.08. The Kier molecular flexibility index (Phi) is 3.70. The van der Waals surface area contributed by atoms with Crippen LogP contribution in [0, 0.1) is 6.92 Å². The van der Waals surface area contributed by atoms with Gasteiger partial charge in [0.05, 0.1) is 5.69 Å². The molecule has 0 saturated carbocycles. The van der Waals surface area contributed by atoms with E-state index in [-0.39, 0.29) is 5.91 Å². The molecule has 0 spiro atoms. The average molecular weight is 296 g/mol. The van der Waals surface area contributed by atoms with Crippen LogP contribution in [-0.4, -0.2) is 20.9 Å². The summed E-state index contributed by atoms with van der Waals surface area (Å²) in [7, 11) is 0. The van der Waals surface area contributed by atoms with Crippen LogP contribution in [0.4, 0.5) is 5.82 Å². The molecule has 0 unspecified atom stereocenters. The second-order valence-corrected chi connectivity index (χ2v) is 5.34. The van der Waals surface area contributed by atoms with Crippen molar-refractivity contribution in [2.75, 3.05) is 5.32 Å². The van der Waals surface area contributed by atoms with Gasteiger partial charge in [-0.15, -0.1) is 11.3 Å². The third-order valence-electron chi connectivity index (χ3n) is 2.82. The van der Waals surface area contributed by atoms with E-state index in [0.29, 0.717) is 16.4 Å². The number of anilines is 1. The highest BCUT2D eigenvalue weighted by molar-refractivity contribution is 7.17. The Morgan fingerprint density at radius 1 is 1.19 bits per heavy atom. The molecule has 5 nitrogen and oxygen atoms in total. The monoisotopic (exact) mass is 296 g/mol. The van der Waals surface area contributed by atoms with Gasteiger partial charge in [-0.3, -0.25) is 9.78 Å². The molecular formula is C15H12N4OS. The molecule has 3 heterocycles. The van der Waals surface area contributed by atoms with Crippen molar-refractivity contribution in [3.05, 3.63) is 59.5 Å². The lowest BCUT2D eigenvalue weighted by molar-refractivity contribution is 0.102. The number of carbonyl (C=O) groups is 1. The largest absolute Gasteiger partial charge is 0.306 e. The molecule has 0 saturated heterocycles. The number of amides is 1. The summed E-state index contributed by atoms with van der Waals surface area (Å²) in [5.74, 6) is 0.331. The quantitative estimate of drug-likeness (QED) is 0.806. The number of hydrogen-bond acceptors (Lipinski definition) is 5. The van der Waals surface area contributed by atoms with E-state index in [9.17, 15) is 4.79 Å². The van der Waals surface area contributed by atoms with E-state index < -0.39 is 0 Å². The van der Waals surface area contributed by atoms with Crippen molar-refractivity contribution in [3.8, 4) is 10.6 Å². The van der Waals surface area contributed by atoms with Crippen LogP contribution in [0.5, 0.6) is 0 Å². The number of aryl methyl sites for hydroxylation is 1. The highest BCUT2D eigenvalue weighted by atomic mass is 32.1. The number of hydrogen-bond donors (Lipinski definition) is 1. The zero-order valence-corrected chi connectivity index (χ0v) is 12.1. The van der Waals surface area contributed by atoms with E-state index in [1.54, 1.807) is 30.7 Å². The second kappa shape index (κ2) is 5.80. The fourth-order valence-electron chi connectivity index (χ4n) is 1.83. The smallest absolute Gasteiger partial charge is 0.268 e. The van der Waals surface area contributed by atoms with Gasteiger partial charge in [0.2, 0.25) is 0 Å². The van der Waals surface area contributed by atoms with Crippen molar-refractivity contribution in [2.45, 2.75) is 6.92 Å². The van der Waals surface area contributed by atoms with Crippen LogP contribution in [0.3, 0.4) is 0 Å². The Morgan fingerprint density at radius 2 is 2.10 bits per heavy atom. The Bertz CT molecular complexity index is 756. The maximum absolute atomic E-state index is 12.3. The number of nitrogens with one attached hydrogen (secondary N) is 1. The molecule has 0 aliphatic carbocycles. The van der Waals surface area contributed by atoms with E-state index in [1.807, 2.05) is 25.1 Å². The summed E-state index contributed by atoms with van der Waals surface area (Å²) in [6.45, 7) is 1.82. The van der Waals surface area contributed by atoms with Gasteiger partial charge in [0.25, 0.3) is 5.91 Å². The van der Waals surface area contributed by atoms with Gasteiger partial charge in [0.15, 0.2) is 0 Å². The molecule has 104 valence electrons. The standard InChI is InChI=1S/C15H12N4OS/c1-10-13(14(20)19-12-6-2-3-8-17-12)21-15(18-10)11-5-4-7-16-9-11/h2-9H,1H3,(H,17,19,20). The minimum absolute atomic E-state index is 0.196. The summed E-state index contributed by atoms with van der Waals surface area (Å²) >= 11 is 1.35. The van der Waals surface area contributed by atoms with Gasteiger partial charge < -0.3 is 5.32 Å². The summed E-state index contributed by atoms with van der Waals surface area (Å²) in [4.78, 5) is 25.5. The molecular weight excluding hydrogens is 284 g/mol. The van der Waals surface area contributed by atoms with Crippen LogP contribution < -0.4 is 5.32 Å². The average Bonchev–Trinajstić information content (AvgIpc) is 2.91. The molecule has 6 heteroatoms. The molecule has 0 atom stereocenters. The topological polar surface area (TPSA) is 67.8 Å². The van der Waals surface area contributed by atoms with Crippen molar-refractivity contribution in [2.24, 2.45) is 0 Å². The molecule has 3 rings (SSSR count). The molecule has 0 fully saturated rings. The van der Waals surface area contributed by atoms with Gasteiger partial charge in [-0.1, -0.05) is 6.07 Å². The first-order valence-electron chi connectivity index (χ1n) is 6.34. The number of thiazole rings is 1. The van der Waals surface area contributed by atoms with Crippen LogP contribution in [0.15, 0.2) is 48.9 Å². The molecule has 0 bridgehead atoms. The lowest BCUT2D eigenvalue weighted by atomic mass is 10.3. The number of carbonyl (C=O) groups excluding carboxylic acids is 1. The SMILES string of the molecule is Cc1nc(-c2cccnc2)sc1C(=O)Nc1ccccn1. The maximum atomic E-state index is 12.3. The highest BCUT2D eigenvalue weighted by Gasteiger charge is 2.16. The van der Waals surface area contributed by atoms with E-state index in [1.165, 1.54) is 11.3 Å². The lowest BCUT2D eigenvalue weighted by Crippen LogP contribution is -2.12. The van der Waals surface area contributed by atoms with Gasteiger partial charge >= 0.3 is 0 Å². The first-order valence-corrected chi connectivity index (χ1v) is 7.16. The van der Waals surface area contributed by atoms with Crippen LogP contribution in [0.25, 0.3) is 10.6 Å². The first kappa shape index (κ1) is 13.4. The molecule has 3 aromatic rings. The number of aromatic nitrogens is 3. The minimum atomic E-state index is -0.196. The van der Waals surface area contributed by atoms with Crippen molar-refractivity contribution < 1.29 is 4.79 Å². The molecule has 1 amide bonds. The predicted molar refractivity (Wildman–Crippen MR) is 82.3 cm³/mol. The number of pyridine rings is 2. The molecule has 0 radical (unpaired) electrons. The van der Waals surface area contributed by atoms with E-state index in [2.05, 4.69) is 20.3 Å². The van der Waals surface area contributed by atoms with Gasteiger partial charge in [-0.05, 0) is 31.2 Å². The van der Waals surface area contributed by atoms with Crippen LogP contribution in [0.2, 0.25) is 0 Å². The Balaban J connectivity index is 1.86. The second-order valence-electron chi connectivity index (χ2n) is 4.34. The van der Waals surface area contributed by atoms with Crippen molar-refractivity contribution in [3.63, 3.8) is 0 Å². The third kappa shape index (κ3) is 2.95. The predicted octanol–water partition coefficient (Wildman–Crippen LogP) is 3.16. The molecule has 0 aliphatic rings. The van der Waals surface area contributed by atoms with Crippen molar-refractivity contribution >= 4 is 23.1 Å². The van der Waals surface area contributed by atoms with Gasteiger partial charge in [-0.25, -0.2) is 9.97 Å². The molecule has 0 aromatic carbocycles. The minimum Gasteiger partial charge on any atom is -0.306 e. The summed E-state index contributed by atoms with van der Waals surface area (Å²) in [5, 5.41) is 3.55. The maximum Gasteiger partial charge on any atom is 0.268 e. The third-order valence-corrected chi connectivity index (χ3v) is 4.02. The summed E-state index contributed by atoms with van der Waals surface area (Å²) in [6, 6.07) is 9.14. The first-order chi connectivity index (χ1) is 10.2. The molecule has 0 aliphatic heterocycles. The van der Waals surface area contributed by atoms with Crippen LogP contribution in [0.1, 0.15) is 15.4 Å². The Morgan fingerprint density at radius 3 is 2.81 bits per heavy atom. The molecule has 3 aromatic heterocycles. The van der Waals surface area contributed by atoms with Gasteiger partial charge in [-0.2, -0.15) is 0 Å². The fourth-order valence-corrected chi connectivity index (χ4v) is 2.78. The summed E-state index contributed by atoms with van der Waals surface area (Å²) in [5.41, 5.74) is 1.61. The van der Waals surface area contributed by atoms with E-state index in [4.69, 9.17) is 0 Å². The zero-order chi connectivity index (χ0) is 14.7. The highest BCUT2D eigenvalue weighted by Crippen LogP contribution is 2.27. The molecule has 1 N–H and O–H groups in total. The normalized spacial score (nSPS) is 10.3. The van der Waals surface area contributed by atoms with Gasteiger partial charge in [0, 0.05) is 24.2 Å². The van der Waals surface area contributed by atoms with Crippen molar-refractivity contribution in [1.29, 1.82) is 0 Å². The lowest BCUT2D eigenvalue weighted by Gasteiger charge is -2.01. The Hall–Kier alpha value is -2.60. The molecule has 21 heavy (non-hydrogen) atoms. The van der Waals surface area contributed by atoms with Crippen molar-refractivity contribution in [1.82, 2.24) is 15.0 Å². The fraction of sp³-hybridized carbons (Fsp3) is 0.0667. The van der Waals surface area contributed by atoms with Gasteiger partial charge in [0.1, 0.15) is 15.7 Å². The Labute approximate surface area is 125 Å². The van der Waals surface area contributed by atoms with E-state index in [0.717, 1.165) is 10.6 Å². The van der Waals surface area contributed by atoms with E-state index >= 15 is 0 Å². The number of rotatable bonds is 3.